The molecule has 0 aromatic heterocycles. The third-order valence-electron chi connectivity index (χ3n) is 4.27. The summed E-state index contributed by atoms with van der Waals surface area (Å²) in [6.07, 6.45) is 1.03. The predicted molar refractivity (Wildman–Crippen MR) is 108 cm³/mol. The van der Waals surface area contributed by atoms with E-state index in [1.807, 2.05) is 18.2 Å². The molecule has 0 fully saturated rings. The quantitative estimate of drug-likeness (QED) is 0.554. The van der Waals surface area contributed by atoms with Crippen LogP contribution in [0.25, 0.3) is 11.1 Å². The molecule has 2 N–H and O–H groups in total. The van der Waals surface area contributed by atoms with E-state index in [9.17, 15) is 14.4 Å². The van der Waals surface area contributed by atoms with Crippen molar-refractivity contribution in [3.8, 4) is 11.1 Å². The van der Waals surface area contributed by atoms with Crippen LogP contribution in [0.2, 0.25) is 0 Å². The molecule has 2 amide bonds. The van der Waals surface area contributed by atoms with Crippen molar-refractivity contribution in [3.05, 3.63) is 65.9 Å². The van der Waals surface area contributed by atoms with Gasteiger partial charge < -0.3 is 15.2 Å². The Balaban J connectivity index is 1.73. The number of aliphatic hydroxyl groups is 1. The molecule has 150 valence electrons. The summed E-state index contributed by atoms with van der Waals surface area (Å²) < 4.78 is 5.23. The van der Waals surface area contributed by atoms with Crippen molar-refractivity contribution < 1.29 is 24.2 Å². The number of hydrogen-bond donors (Lipinski definition) is 2. The zero-order valence-corrected chi connectivity index (χ0v) is 16.2. The first-order chi connectivity index (χ1) is 13.9. The van der Waals surface area contributed by atoms with E-state index in [1.54, 1.807) is 44.2 Å². The smallest absolute Gasteiger partial charge is 0.338 e. The summed E-state index contributed by atoms with van der Waals surface area (Å²) in [6, 6.07) is 14.4. The third kappa shape index (κ3) is 4.70. The lowest BCUT2D eigenvalue weighted by molar-refractivity contribution is -0.137. The van der Waals surface area contributed by atoms with Gasteiger partial charge in [0.15, 0.2) is 0 Å². The average Bonchev–Trinajstić information content (AvgIpc) is 2.96. The van der Waals surface area contributed by atoms with Gasteiger partial charge in [-0.15, -0.1) is 0 Å². The number of imide groups is 1. The molecule has 0 atom stereocenters. The highest BCUT2D eigenvalue weighted by Crippen LogP contribution is 2.24. The van der Waals surface area contributed by atoms with Gasteiger partial charge in [0, 0.05) is 11.8 Å². The fourth-order valence-corrected chi connectivity index (χ4v) is 2.92. The second kappa shape index (κ2) is 8.70. The summed E-state index contributed by atoms with van der Waals surface area (Å²) in [5, 5.41) is 11.9. The van der Waals surface area contributed by atoms with Crippen LogP contribution in [0.3, 0.4) is 0 Å². The molecule has 2 aromatic rings. The molecule has 1 aliphatic rings. The van der Waals surface area contributed by atoms with Crippen molar-refractivity contribution in [2.24, 2.45) is 0 Å². The van der Waals surface area contributed by atoms with Crippen LogP contribution in [0.5, 0.6) is 0 Å². The van der Waals surface area contributed by atoms with E-state index in [2.05, 4.69) is 5.32 Å². The summed E-state index contributed by atoms with van der Waals surface area (Å²) in [7, 11) is 0. The number of anilines is 1. The molecule has 0 saturated heterocycles. The molecule has 7 nitrogen and oxygen atoms in total. The first-order valence-electron chi connectivity index (χ1n) is 9.26. The number of hydrogen-bond acceptors (Lipinski definition) is 6. The number of esters is 1. The molecule has 29 heavy (non-hydrogen) atoms. The average molecular weight is 394 g/mol. The minimum Gasteiger partial charge on any atom is -0.459 e. The summed E-state index contributed by atoms with van der Waals surface area (Å²) in [5.74, 6) is -1.29. The number of aliphatic hydroxyl groups excluding tert-OH is 1. The maximum Gasteiger partial charge on any atom is 0.338 e. The van der Waals surface area contributed by atoms with E-state index in [0.717, 1.165) is 16.0 Å². The van der Waals surface area contributed by atoms with E-state index in [1.165, 1.54) is 6.08 Å². The molecule has 0 unspecified atom stereocenters. The fraction of sp³-hybridized carbons (Fsp3) is 0.227. The Labute approximate surface area is 168 Å². The topological polar surface area (TPSA) is 95.9 Å². The molecule has 1 aliphatic heterocycles. The number of β-amino-alcohol motifs (C(OH)–C–C–N with tert-alkyl or cyclic N) is 1. The van der Waals surface area contributed by atoms with Crippen LogP contribution in [0.15, 0.2) is 60.3 Å². The van der Waals surface area contributed by atoms with Crippen molar-refractivity contribution in [3.63, 3.8) is 0 Å². The Morgan fingerprint density at radius 1 is 1.10 bits per heavy atom. The SMILES string of the molecule is CC(C)OC(=O)c1cccc(-c2ccc(NC3=CC(=O)N(CCO)C3=O)cc2)c1. The van der Waals surface area contributed by atoms with Gasteiger partial charge in [0.25, 0.3) is 11.8 Å². The lowest BCUT2D eigenvalue weighted by atomic mass is 10.0. The lowest BCUT2D eigenvalue weighted by Crippen LogP contribution is -2.34. The highest BCUT2D eigenvalue weighted by molar-refractivity contribution is 6.17. The van der Waals surface area contributed by atoms with E-state index in [0.29, 0.717) is 11.3 Å². The van der Waals surface area contributed by atoms with E-state index < -0.39 is 11.8 Å². The number of ether oxygens (including phenoxy) is 1. The van der Waals surface area contributed by atoms with Gasteiger partial charge in [-0.25, -0.2) is 4.79 Å². The zero-order valence-electron chi connectivity index (χ0n) is 16.2. The highest BCUT2D eigenvalue weighted by atomic mass is 16.5. The third-order valence-corrected chi connectivity index (χ3v) is 4.27. The van der Waals surface area contributed by atoms with Crippen LogP contribution in [0.4, 0.5) is 5.69 Å². The second-order valence-corrected chi connectivity index (χ2v) is 6.81. The number of carbonyl (C=O) groups is 3. The van der Waals surface area contributed by atoms with Crippen molar-refractivity contribution >= 4 is 23.5 Å². The number of carbonyl (C=O) groups excluding carboxylic acids is 3. The molecule has 0 spiro atoms. The van der Waals surface area contributed by atoms with Gasteiger partial charge >= 0.3 is 5.97 Å². The van der Waals surface area contributed by atoms with Crippen LogP contribution in [-0.4, -0.2) is 47.0 Å². The normalized spacial score (nSPS) is 13.7. The molecule has 3 rings (SSSR count). The van der Waals surface area contributed by atoms with Crippen LogP contribution in [-0.2, 0) is 14.3 Å². The molecule has 7 heteroatoms. The van der Waals surface area contributed by atoms with E-state index in [4.69, 9.17) is 9.84 Å². The maximum absolute atomic E-state index is 12.2. The predicted octanol–water partition coefficient (Wildman–Crippen LogP) is 2.58. The minimum absolute atomic E-state index is 0.0339. The van der Waals surface area contributed by atoms with Crippen molar-refractivity contribution in [1.29, 1.82) is 0 Å². The van der Waals surface area contributed by atoms with Crippen molar-refractivity contribution in [2.45, 2.75) is 20.0 Å². The molecular formula is C22H22N2O5. The Bertz CT molecular complexity index is 963. The van der Waals surface area contributed by atoms with Gasteiger partial charge in [-0.1, -0.05) is 24.3 Å². The van der Waals surface area contributed by atoms with Gasteiger partial charge in [-0.2, -0.15) is 0 Å². The molecule has 0 aliphatic carbocycles. The molecule has 2 aromatic carbocycles. The fourth-order valence-electron chi connectivity index (χ4n) is 2.92. The first-order valence-corrected chi connectivity index (χ1v) is 9.26. The van der Waals surface area contributed by atoms with Gasteiger partial charge in [0.05, 0.1) is 24.8 Å². The van der Waals surface area contributed by atoms with E-state index in [-0.39, 0.29) is 30.9 Å². The number of amides is 2. The monoisotopic (exact) mass is 394 g/mol. The number of benzene rings is 2. The maximum atomic E-state index is 12.2. The summed E-state index contributed by atoms with van der Waals surface area (Å²) in [5.41, 5.74) is 3.02. The summed E-state index contributed by atoms with van der Waals surface area (Å²) >= 11 is 0. The molecule has 1 heterocycles. The van der Waals surface area contributed by atoms with Crippen molar-refractivity contribution in [2.75, 3.05) is 18.5 Å². The number of nitrogens with zero attached hydrogens (tertiary/aromatic N) is 1. The Hall–Kier alpha value is -3.45. The van der Waals surface area contributed by atoms with Crippen molar-refractivity contribution in [1.82, 2.24) is 4.90 Å². The van der Waals surface area contributed by atoms with Crippen LogP contribution < -0.4 is 5.32 Å². The number of rotatable bonds is 7. The van der Waals surface area contributed by atoms with E-state index >= 15 is 0 Å². The van der Waals surface area contributed by atoms with Crippen LogP contribution >= 0.6 is 0 Å². The zero-order chi connectivity index (χ0) is 21.0. The van der Waals surface area contributed by atoms with Gasteiger partial charge in [-0.3, -0.25) is 14.5 Å². The second-order valence-electron chi connectivity index (χ2n) is 6.81. The van der Waals surface area contributed by atoms with Gasteiger partial charge in [-0.05, 0) is 49.2 Å². The van der Waals surface area contributed by atoms with Gasteiger partial charge in [0.2, 0.25) is 0 Å². The Morgan fingerprint density at radius 3 is 2.48 bits per heavy atom. The standard InChI is InChI=1S/C22H22N2O5/c1-14(2)29-22(28)17-5-3-4-16(12-17)15-6-8-18(9-7-15)23-19-13-20(26)24(10-11-25)21(19)27/h3-9,12-14,23,25H,10-11H2,1-2H3. The van der Waals surface area contributed by atoms with Gasteiger partial charge in [0.1, 0.15) is 5.70 Å². The summed E-state index contributed by atoms with van der Waals surface area (Å²) in [4.78, 5) is 37.1. The molecule has 0 saturated carbocycles. The first kappa shape index (κ1) is 20.3. The summed E-state index contributed by atoms with van der Waals surface area (Å²) in [6.45, 7) is 3.29. The Kier molecular flexibility index (Phi) is 6.09. The van der Waals surface area contributed by atoms with Crippen LogP contribution in [0.1, 0.15) is 24.2 Å². The largest absolute Gasteiger partial charge is 0.459 e. The van der Waals surface area contributed by atoms with Crippen LogP contribution in [0, 0.1) is 0 Å². The molecular weight excluding hydrogens is 372 g/mol. The molecule has 0 radical (unpaired) electrons. The lowest BCUT2D eigenvalue weighted by Gasteiger charge is -2.13. The Morgan fingerprint density at radius 2 is 1.83 bits per heavy atom. The number of nitrogens with one attached hydrogen (secondary N) is 1. The molecule has 0 bridgehead atoms. The minimum atomic E-state index is -0.468. The highest BCUT2D eigenvalue weighted by Gasteiger charge is 2.30.